The Morgan fingerprint density at radius 2 is 1.68 bits per heavy atom. The van der Waals surface area contributed by atoms with Gasteiger partial charge in [-0.25, -0.2) is 4.99 Å². The molecule has 1 amide bonds. The molecule has 0 bridgehead atoms. The maximum Gasteiger partial charge on any atom is 0.416 e. The molecule has 0 unspecified atom stereocenters. The molecule has 0 saturated heterocycles. The van der Waals surface area contributed by atoms with E-state index in [1.807, 2.05) is 18.2 Å². The van der Waals surface area contributed by atoms with Gasteiger partial charge in [-0.2, -0.15) is 13.2 Å². The number of amides is 1. The molecule has 0 saturated carbocycles. The van der Waals surface area contributed by atoms with Crippen molar-refractivity contribution in [2.75, 3.05) is 31.1 Å². The highest BCUT2D eigenvalue weighted by Gasteiger charge is 2.35. The fourth-order valence-electron chi connectivity index (χ4n) is 4.32. The zero-order valence-corrected chi connectivity index (χ0v) is 21.0. The second-order valence-electron chi connectivity index (χ2n) is 8.75. The molecular formula is C29H30F3N3O2. The lowest BCUT2D eigenvalue weighted by molar-refractivity contribution is -0.137. The Morgan fingerprint density at radius 1 is 0.919 bits per heavy atom. The van der Waals surface area contributed by atoms with Crippen LogP contribution in [0.2, 0.25) is 0 Å². The lowest BCUT2D eigenvalue weighted by Crippen LogP contribution is -2.25. The number of carbonyl (C=O) groups excluding carboxylic acids is 1. The third kappa shape index (κ3) is 6.20. The number of hydrogen-bond donors (Lipinski definition) is 0. The number of anilines is 2. The van der Waals surface area contributed by atoms with E-state index in [9.17, 15) is 18.0 Å². The number of halogens is 3. The van der Waals surface area contributed by atoms with E-state index in [0.717, 1.165) is 44.6 Å². The number of unbranched alkanes of at least 4 members (excludes halogenated alkanes) is 1. The number of rotatable bonds is 10. The Kier molecular flexibility index (Phi) is 8.28. The number of para-hydroxylation sites is 1. The molecule has 194 valence electrons. The van der Waals surface area contributed by atoms with Gasteiger partial charge in [-0.3, -0.25) is 9.69 Å². The van der Waals surface area contributed by atoms with Gasteiger partial charge in [0.05, 0.1) is 29.2 Å². The lowest BCUT2D eigenvalue weighted by atomic mass is 10.1. The predicted molar refractivity (Wildman–Crippen MR) is 140 cm³/mol. The Labute approximate surface area is 215 Å². The van der Waals surface area contributed by atoms with Crippen molar-refractivity contribution >= 4 is 28.7 Å². The van der Waals surface area contributed by atoms with Gasteiger partial charge >= 0.3 is 6.18 Å². The number of carbonyl (C=O) groups is 1. The van der Waals surface area contributed by atoms with E-state index in [4.69, 9.17) is 4.74 Å². The van der Waals surface area contributed by atoms with Gasteiger partial charge in [-0.15, -0.1) is 0 Å². The van der Waals surface area contributed by atoms with Crippen molar-refractivity contribution in [2.24, 2.45) is 4.99 Å². The molecule has 37 heavy (non-hydrogen) atoms. The summed E-state index contributed by atoms with van der Waals surface area (Å²) in [7, 11) is 0. The van der Waals surface area contributed by atoms with Crippen LogP contribution in [-0.2, 0) is 11.0 Å². The first-order chi connectivity index (χ1) is 17.8. The van der Waals surface area contributed by atoms with E-state index in [-0.39, 0.29) is 11.4 Å². The number of fused-ring (bicyclic) bond motifs is 1. The van der Waals surface area contributed by atoms with Crippen molar-refractivity contribution in [2.45, 2.75) is 32.9 Å². The lowest BCUT2D eigenvalue weighted by Gasteiger charge is -2.19. The van der Waals surface area contributed by atoms with Crippen LogP contribution >= 0.6 is 0 Å². The number of nitrogens with zero attached hydrogens (tertiary/aromatic N) is 3. The molecule has 3 aromatic carbocycles. The summed E-state index contributed by atoms with van der Waals surface area (Å²) < 4.78 is 45.5. The zero-order chi connectivity index (χ0) is 26.4. The molecule has 3 aromatic rings. The third-order valence-electron chi connectivity index (χ3n) is 6.33. The van der Waals surface area contributed by atoms with Crippen LogP contribution in [0.5, 0.6) is 5.75 Å². The molecule has 5 nitrogen and oxygen atoms in total. The first-order valence-corrected chi connectivity index (χ1v) is 12.5. The number of ether oxygens (including phenoxy) is 1. The van der Waals surface area contributed by atoms with Crippen molar-refractivity contribution in [3.8, 4) is 5.75 Å². The van der Waals surface area contributed by atoms with E-state index in [2.05, 4.69) is 23.7 Å². The van der Waals surface area contributed by atoms with E-state index in [1.165, 1.54) is 17.0 Å². The van der Waals surface area contributed by atoms with Crippen LogP contribution in [0.25, 0.3) is 0 Å². The van der Waals surface area contributed by atoms with Crippen LogP contribution in [-0.4, -0.2) is 42.8 Å². The van der Waals surface area contributed by atoms with E-state index in [1.54, 1.807) is 30.3 Å². The highest BCUT2D eigenvalue weighted by Crippen LogP contribution is 2.38. The fourth-order valence-corrected chi connectivity index (χ4v) is 4.32. The Hall–Kier alpha value is -3.65. The number of benzene rings is 3. The van der Waals surface area contributed by atoms with E-state index in [0.29, 0.717) is 29.3 Å². The molecule has 1 heterocycles. The summed E-state index contributed by atoms with van der Waals surface area (Å²) >= 11 is 0. The fraction of sp³-hybridized carbons (Fsp3) is 0.310. The average molecular weight is 510 g/mol. The molecule has 0 aromatic heterocycles. The standard InChI is InChI=1S/C29H30F3N3O2/c1-3-34(4-2)17-7-8-18-37-24-14-10-13-23(20-24)35-26-16-6-5-15-25(26)27(28(35)36)33-22-12-9-11-21(19-22)29(30,31)32/h5-6,9-16,19-20H,3-4,7-8,17-18H2,1-2H3. The van der Waals surface area contributed by atoms with Crippen LogP contribution in [0, 0.1) is 0 Å². The van der Waals surface area contributed by atoms with Gasteiger partial charge in [0.15, 0.2) is 0 Å². The van der Waals surface area contributed by atoms with E-state index >= 15 is 0 Å². The molecule has 1 aliphatic heterocycles. The average Bonchev–Trinajstić information content (AvgIpc) is 3.17. The largest absolute Gasteiger partial charge is 0.494 e. The van der Waals surface area contributed by atoms with Crippen molar-refractivity contribution < 1.29 is 22.7 Å². The minimum absolute atomic E-state index is 0.0663. The molecule has 4 rings (SSSR count). The molecule has 0 radical (unpaired) electrons. The molecule has 0 N–H and O–H groups in total. The van der Waals surface area contributed by atoms with Crippen LogP contribution in [0.1, 0.15) is 37.8 Å². The summed E-state index contributed by atoms with van der Waals surface area (Å²) in [5, 5.41) is 0. The van der Waals surface area contributed by atoms with Gasteiger partial charge in [0.25, 0.3) is 5.91 Å². The molecule has 8 heteroatoms. The smallest absolute Gasteiger partial charge is 0.416 e. The van der Waals surface area contributed by atoms with Gasteiger partial charge in [-0.05, 0) is 68.9 Å². The van der Waals surface area contributed by atoms with Crippen molar-refractivity contribution in [3.63, 3.8) is 0 Å². The van der Waals surface area contributed by atoms with Gasteiger partial charge in [0, 0.05) is 11.6 Å². The van der Waals surface area contributed by atoms with Gasteiger partial charge in [-0.1, -0.05) is 44.2 Å². The summed E-state index contributed by atoms with van der Waals surface area (Å²) in [5.74, 6) is 0.240. The molecule has 0 aliphatic carbocycles. The summed E-state index contributed by atoms with van der Waals surface area (Å²) in [6.07, 6.45) is -2.54. The Balaban J connectivity index is 1.54. The highest BCUT2D eigenvalue weighted by atomic mass is 19.4. The summed E-state index contributed by atoms with van der Waals surface area (Å²) in [6, 6.07) is 19.0. The quantitative estimate of drug-likeness (QED) is 0.276. The van der Waals surface area contributed by atoms with Crippen LogP contribution < -0.4 is 9.64 Å². The topological polar surface area (TPSA) is 45.1 Å². The van der Waals surface area contributed by atoms with Crippen molar-refractivity contribution in [3.05, 3.63) is 83.9 Å². The molecule has 0 atom stereocenters. The second-order valence-corrected chi connectivity index (χ2v) is 8.75. The monoisotopic (exact) mass is 509 g/mol. The minimum Gasteiger partial charge on any atom is -0.494 e. The summed E-state index contributed by atoms with van der Waals surface area (Å²) in [5.41, 5.74) is 1.13. The van der Waals surface area contributed by atoms with Crippen LogP contribution in [0.15, 0.2) is 77.8 Å². The highest BCUT2D eigenvalue weighted by molar-refractivity contribution is 6.56. The number of aliphatic imine (C=N–C) groups is 1. The zero-order valence-electron chi connectivity index (χ0n) is 21.0. The molecule has 0 fully saturated rings. The van der Waals surface area contributed by atoms with Crippen molar-refractivity contribution in [1.29, 1.82) is 0 Å². The minimum atomic E-state index is -4.49. The van der Waals surface area contributed by atoms with Gasteiger partial charge < -0.3 is 9.64 Å². The van der Waals surface area contributed by atoms with Crippen LogP contribution in [0.4, 0.5) is 30.2 Å². The normalized spacial score (nSPS) is 14.5. The van der Waals surface area contributed by atoms with Gasteiger partial charge in [0.1, 0.15) is 11.5 Å². The maximum atomic E-state index is 13.5. The second kappa shape index (κ2) is 11.6. The Morgan fingerprint density at radius 3 is 2.43 bits per heavy atom. The molecule has 0 spiro atoms. The van der Waals surface area contributed by atoms with E-state index < -0.39 is 17.6 Å². The first-order valence-electron chi connectivity index (χ1n) is 12.5. The van der Waals surface area contributed by atoms with Gasteiger partial charge in [0.2, 0.25) is 0 Å². The predicted octanol–water partition coefficient (Wildman–Crippen LogP) is 7.01. The number of alkyl halides is 3. The third-order valence-corrected chi connectivity index (χ3v) is 6.33. The summed E-state index contributed by atoms with van der Waals surface area (Å²) in [4.78, 5) is 21.7. The van der Waals surface area contributed by atoms with Crippen molar-refractivity contribution in [1.82, 2.24) is 4.90 Å². The Bertz CT molecular complexity index is 1270. The van der Waals surface area contributed by atoms with Crippen LogP contribution in [0.3, 0.4) is 0 Å². The molecular weight excluding hydrogens is 479 g/mol. The summed E-state index contributed by atoms with van der Waals surface area (Å²) in [6.45, 7) is 7.96. The maximum absolute atomic E-state index is 13.5. The number of hydrogen-bond acceptors (Lipinski definition) is 4. The SMILES string of the molecule is CCN(CC)CCCCOc1cccc(N2C(=O)C(=Nc3cccc(C(F)(F)F)c3)c3ccccc32)c1. The molecule has 1 aliphatic rings. The first kappa shape index (κ1) is 26.4.